The minimum atomic E-state index is -1.23. The number of hydrazone groups is 1. The van der Waals surface area contributed by atoms with Crippen LogP contribution in [0.4, 0.5) is 0 Å². The van der Waals surface area contributed by atoms with E-state index in [1.165, 1.54) is 5.01 Å². The number of hydrogen-bond donors (Lipinski definition) is 0. The molecule has 0 spiro atoms. The number of carboxylic acid groups (broad SMARTS) is 1. The minimum absolute atomic E-state index is 0.0866. The van der Waals surface area contributed by atoms with Gasteiger partial charge in [0, 0.05) is 27.3 Å². The number of fused-ring (bicyclic) bond motifs is 1. The number of carboxylic acids is 1. The molecule has 5 nitrogen and oxygen atoms in total. The lowest BCUT2D eigenvalue weighted by Gasteiger charge is -2.29. The summed E-state index contributed by atoms with van der Waals surface area (Å²) in [6, 6.07) is 15.8. The van der Waals surface area contributed by atoms with Gasteiger partial charge in [-0.25, -0.2) is 5.01 Å². The average Bonchev–Trinajstić information content (AvgIpc) is 3.15. The first-order chi connectivity index (χ1) is 14.9. The van der Waals surface area contributed by atoms with Crippen LogP contribution in [-0.2, 0) is 9.59 Å². The van der Waals surface area contributed by atoms with Crippen molar-refractivity contribution in [1.82, 2.24) is 5.01 Å². The Morgan fingerprint density at radius 3 is 2.32 bits per heavy atom. The second-order valence-corrected chi connectivity index (χ2v) is 9.64. The number of carbonyl (C=O) groups is 2. The summed E-state index contributed by atoms with van der Waals surface area (Å²) in [5.41, 5.74) is 4.15. The van der Waals surface area contributed by atoms with E-state index >= 15 is 0 Å². The highest BCUT2D eigenvalue weighted by molar-refractivity contribution is 9.10. The molecule has 1 fully saturated rings. The second-order valence-electron chi connectivity index (χ2n) is 7.81. The Kier molecular flexibility index (Phi) is 6.72. The quantitative estimate of drug-likeness (QED) is 0.539. The Balaban J connectivity index is 1.70. The fourth-order valence-electron chi connectivity index (χ4n) is 4.28. The molecule has 0 saturated heterocycles. The summed E-state index contributed by atoms with van der Waals surface area (Å²) in [7, 11) is 0. The standard InChI is InChI=1S/C24H22Br2N2O3/c25-18-8-4-15(5-9-18)14-17-2-1-3-20-23(17)27-28(21(29)12-13-22(30)31)24(20)16-6-10-19(26)11-7-16/h4-11,14,20,24H,1-3,12-13H2,(H,30,31)/p-1/b17-14+/t20-,24+/m1/s1. The number of amides is 1. The van der Waals surface area contributed by atoms with E-state index in [0.29, 0.717) is 0 Å². The van der Waals surface area contributed by atoms with Crippen LogP contribution >= 0.6 is 31.9 Å². The molecule has 0 unspecified atom stereocenters. The maximum Gasteiger partial charge on any atom is 0.243 e. The van der Waals surface area contributed by atoms with Gasteiger partial charge in [0.2, 0.25) is 5.91 Å². The number of aliphatic carboxylic acids is 1. The van der Waals surface area contributed by atoms with Gasteiger partial charge in [0.15, 0.2) is 0 Å². The van der Waals surface area contributed by atoms with E-state index in [4.69, 9.17) is 5.10 Å². The van der Waals surface area contributed by atoms with Gasteiger partial charge >= 0.3 is 0 Å². The zero-order valence-corrected chi connectivity index (χ0v) is 19.9. The Morgan fingerprint density at radius 2 is 1.68 bits per heavy atom. The van der Waals surface area contributed by atoms with E-state index in [-0.39, 0.29) is 30.7 Å². The molecule has 0 aromatic heterocycles. The molecule has 4 rings (SSSR count). The third kappa shape index (κ3) is 4.99. The van der Waals surface area contributed by atoms with Gasteiger partial charge in [0.1, 0.15) is 0 Å². The van der Waals surface area contributed by atoms with Crippen LogP contribution in [0, 0.1) is 5.92 Å². The average molecular weight is 545 g/mol. The van der Waals surface area contributed by atoms with E-state index in [9.17, 15) is 14.7 Å². The largest absolute Gasteiger partial charge is 0.550 e. The lowest BCUT2D eigenvalue weighted by molar-refractivity contribution is -0.305. The highest BCUT2D eigenvalue weighted by atomic mass is 79.9. The highest BCUT2D eigenvalue weighted by Gasteiger charge is 2.43. The van der Waals surface area contributed by atoms with E-state index < -0.39 is 5.97 Å². The van der Waals surface area contributed by atoms with Crippen LogP contribution in [-0.4, -0.2) is 22.6 Å². The first-order valence-corrected chi connectivity index (χ1v) is 11.8. The third-order valence-corrected chi connectivity index (χ3v) is 6.78. The minimum Gasteiger partial charge on any atom is -0.550 e. The molecule has 2 aliphatic rings. The van der Waals surface area contributed by atoms with E-state index in [0.717, 1.165) is 50.6 Å². The molecular weight excluding hydrogens is 524 g/mol. The smallest absolute Gasteiger partial charge is 0.243 e. The molecule has 1 aliphatic carbocycles. The van der Waals surface area contributed by atoms with Crippen LogP contribution in [0.5, 0.6) is 0 Å². The topological polar surface area (TPSA) is 72.8 Å². The Bertz CT molecular complexity index is 1050. The van der Waals surface area contributed by atoms with Gasteiger partial charge in [0.25, 0.3) is 0 Å². The fraction of sp³-hybridized carbons (Fsp3) is 0.292. The first kappa shape index (κ1) is 22.0. The summed E-state index contributed by atoms with van der Waals surface area (Å²) in [6.45, 7) is 0. The molecule has 31 heavy (non-hydrogen) atoms. The second kappa shape index (κ2) is 9.49. The van der Waals surface area contributed by atoms with Crippen molar-refractivity contribution in [3.63, 3.8) is 0 Å². The van der Waals surface area contributed by atoms with Crippen molar-refractivity contribution in [2.24, 2.45) is 11.0 Å². The summed E-state index contributed by atoms with van der Waals surface area (Å²) in [5, 5.41) is 17.2. The summed E-state index contributed by atoms with van der Waals surface area (Å²) in [6.07, 6.45) is 4.57. The molecule has 1 amide bonds. The molecule has 7 heteroatoms. The number of allylic oxidation sites excluding steroid dienone is 1. The Morgan fingerprint density at radius 1 is 1.03 bits per heavy atom. The molecule has 160 valence electrons. The number of carbonyl (C=O) groups excluding carboxylic acids is 2. The van der Waals surface area contributed by atoms with E-state index in [2.05, 4.69) is 37.9 Å². The molecular formula is C24H21Br2N2O3-. The van der Waals surface area contributed by atoms with Gasteiger partial charge < -0.3 is 9.90 Å². The lowest BCUT2D eigenvalue weighted by Crippen LogP contribution is -2.33. The van der Waals surface area contributed by atoms with Crippen LogP contribution in [0.3, 0.4) is 0 Å². The third-order valence-electron chi connectivity index (χ3n) is 5.72. The monoisotopic (exact) mass is 543 g/mol. The zero-order valence-electron chi connectivity index (χ0n) is 16.8. The Labute approximate surface area is 198 Å². The molecule has 1 saturated carbocycles. The fourth-order valence-corrected chi connectivity index (χ4v) is 4.81. The molecule has 2 aromatic carbocycles. The Hall–Kier alpha value is -2.25. The normalized spacial score (nSPS) is 21.7. The molecule has 1 heterocycles. The van der Waals surface area contributed by atoms with E-state index in [1.54, 1.807) is 0 Å². The number of rotatable bonds is 5. The maximum atomic E-state index is 12.9. The lowest BCUT2D eigenvalue weighted by atomic mass is 9.77. The molecule has 0 bridgehead atoms. The van der Waals surface area contributed by atoms with Crippen LogP contribution in [0.2, 0.25) is 0 Å². The van der Waals surface area contributed by atoms with Crippen molar-refractivity contribution < 1.29 is 14.7 Å². The van der Waals surface area contributed by atoms with Gasteiger partial charge in [0.05, 0.1) is 11.8 Å². The molecule has 0 N–H and O–H groups in total. The molecule has 0 radical (unpaired) electrons. The summed E-state index contributed by atoms with van der Waals surface area (Å²) in [4.78, 5) is 23.8. The first-order valence-electron chi connectivity index (χ1n) is 10.2. The number of hydrogen-bond acceptors (Lipinski definition) is 4. The van der Waals surface area contributed by atoms with Crippen LogP contribution in [0.15, 0.2) is 68.2 Å². The predicted molar refractivity (Wildman–Crippen MR) is 125 cm³/mol. The number of halogens is 2. The van der Waals surface area contributed by atoms with Crippen molar-refractivity contribution in [1.29, 1.82) is 0 Å². The summed E-state index contributed by atoms with van der Waals surface area (Å²) >= 11 is 6.93. The zero-order chi connectivity index (χ0) is 22.0. The van der Waals surface area contributed by atoms with Gasteiger partial charge in [-0.2, -0.15) is 5.10 Å². The van der Waals surface area contributed by atoms with Gasteiger partial charge in [-0.3, -0.25) is 4.79 Å². The van der Waals surface area contributed by atoms with Crippen LogP contribution < -0.4 is 5.11 Å². The van der Waals surface area contributed by atoms with Gasteiger partial charge in [-0.1, -0.05) is 56.1 Å². The molecule has 2 aromatic rings. The van der Waals surface area contributed by atoms with Crippen molar-refractivity contribution >= 4 is 55.5 Å². The molecule has 1 aliphatic heterocycles. The highest BCUT2D eigenvalue weighted by Crippen LogP contribution is 2.44. The number of benzene rings is 2. The van der Waals surface area contributed by atoms with Gasteiger partial charge in [-0.05, 0) is 72.7 Å². The summed E-state index contributed by atoms with van der Waals surface area (Å²) < 4.78 is 1.99. The van der Waals surface area contributed by atoms with E-state index in [1.807, 2.05) is 48.5 Å². The maximum absolute atomic E-state index is 12.9. The SMILES string of the molecule is O=C([O-])CCC(=O)N1N=C2/C(=C/c3ccc(Br)cc3)CCC[C@H]2[C@@H]1c1ccc(Br)cc1. The van der Waals surface area contributed by atoms with Crippen LogP contribution in [0.1, 0.15) is 49.3 Å². The predicted octanol–water partition coefficient (Wildman–Crippen LogP) is 4.86. The van der Waals surface area contributed by atoms with Crippen molar-refractivity contribution in [3.8, 4) is 0 Å². The number of nitrogens with zero attached hydrogens (tertiary/aromatic N) is 2. The van der Waals surface area contributed by atoms with Crippen molar-refractivity contribution in [2.75, 3.05) is 0 Å². The van der Waals surface area contributed by atoms with Crippen molar-refractivity contribution in [2.45, 2.75) is 38.1 Å². The summed E-state index contributed by atoms with van der Waals surface area (Å²) in [5.74, 6) is -1.43. The van der Waals surface area contributed by atoms with Crippen LogP contribution in [0.25, 0.3) is 6.08 Å². The van der Waals surface area contributed by atoms with Gasteiger partial charge in [-0.15, -0.1) is 0 Å². The van der Waals surface area contributed by atoms with Crippen molar-refractivity contribution in [3.05, 3.63) is 74.2 Å². The molecule has 2 atom stereocenters.